The van der Waals surface area contributed by atoms with E-state index in [-0.39, 0.29) is 0 Å². The van der Waals surface area contributed by atoms with Crippen molar-refractivity contribution in [2.75, 3.05) is 20.1 Å². The minimum atomic E-state index is 0.514. The van der Waals surface area contributed by atoms with E-state index in [0.29, 0.717) is 18.0 Å². The Hall–Kier alpha value is -0.870. The summed E-state index contributed by atoms with van der Waals surface area (Å²) in [5.41, 5.74) is 1.39. The van der Waals surface area contributed by atoms with Crippen LogP contribution >= 0.6 is 0 Å². The third-order valence-corrected chi connectivity index (χ3v) is 4.24. The number of piperidine rings is 1. The van der Waals surface area contributed by atoms with Crippen LogP contribution in [0.5, 0.6) is 0 Å². The molecule has 1 saturated heterocycles. The van der Waals surface area contributed by atoms with Crippen LogP contribution < -0.4 is 5.32 Å². The Morgan fingerprint density at radius 2 is 2.25 bits per heavy atom. The molecule has 0 aromatic carbocycles. The van der Waals surface area contributed by atoms with Crippen LogP contribution in [0.25, 0.3) is 0 Å². The normalized spacial score (nSPS) is 24.4. The summed E-state index contributed by atoms with van der Waals surface area (Å²) >= 11 is 0. The van der Waals surface area contributed by atoms with Crippen molar-refractivity contribution in [2.45, 2.75) is 58.7 Å². The van der Waals surface area contributed by atoms with Crippen LogP contribution in [0.15, 0.2) is 12.4 Å². The number of likely N-dealkylation sites (tertiary alicyclic amines) is 1. The fraction of sp³-hybridized carbons (Fsp3) is 0.812. The maximum absolute atomic E-state index is 4.51. The number of hydrogen-bond donors (Lipinski definition) is 1. The first-order valence-corrected chi connectivity index (χ1v) is 8.07. The summed E-state index contributed by atoms with van der Waals surface area (Å²) in [5, 5.41) is 8.13. The molecule has 0 aliphatic carbocycles. The standard InChI is InChI=1S/C16H30N4/c1-5-8-20-12-15(11-18-20)16-14(10-17-13(2)3)7-6-9-19(16)4/h11-14,16-17H,5-10H2,1-4H3. The zero-order chi connectivity index (χ0) is 14.5. The third kappa shape index (κ3) is 3.83. The molecule has 114 valence electrons. The van der Waals surface area contributed by atoms with Gasteiger partial charge in [-0.2, -0.15) is 5.10 Å². The van der Waals surface area contributed by atoms with Gasteiger partial charge in [0.25, 0.3) is 0 Å². The molecule has 0 spiro atoms. The summed E-state index contributed by atoms with van der Waals surface area (Å²) in [6.07, 6.45) is 8.08. The van der Waals surface area contributed by atoms with Crippen molar-refractivity contribution in [3.63, 3.8) is 0 Å². The zero-order valence-corrected chi connectivity index (χ0v) is 13.5. The Morgan fingerprint density at radius 1 is 1.45 bits per heavy atom. The van der Waals surface area contributed by atoms with Crippen LogP contribution in [-0.4, -0.2) is 40.9 Å². The van der Waals surface area contributed by atoms with E-state index in [2.05, 4.69) is 60.2 Å². The highest BCUT2D eigenvalue weighted by Gasteiger charge is 2.31. The molecule has 1 fully saturated rings. The van der Waals surface area contributed by atoms with Gasteiger partial charge in [0.1, 0.15) is 0 Å². The minimum Gasteiger partial charge on any atom is -0.314 e. The lowest BCUT2D eigenvalue weighted by molar-refractivity contribution is 0.118. The highest BCUT2D eigenvalue weighted by atomic mass is 15.3. The number of nitrogens with one attached hydrogen (secondary N) is 1. The van der Waals surface area contributed by atoms with Crippen molar-refractivity contribution in [2.24, 2.45) is 5.92 Å². The summed E-state index contributed by atoms with van der Waals surface area (Å²) in [7, 11) is 2.25. The number of rotatable bonds is 6. The lowest BCUT2D eigenvalue weighted by Gasteiger charge is -2.39. The number of hydrogen-bond acceptors (Lipinski definition) is 3. The highest BCUT2D eigenvalue weighted by molar-refractivity contribution is 5.13. The SMILES string of the molecule is CCCn1cc(C2C(CNC(C)C)CCCN2C)cn1. The predicted octanol–water partition coefficient (Wildman–Crippen LogP) is 2.67. The van der Waals surface area contributed by atoms with Crippen molar-refractivity contribution >= 4 is 0 Å². The van der Waals surface area contributed by atoms with Crippen LogP contribution in [-0.2, 0) is 6.54 Å². The van der Waals surface area contributed by atoms with E-state index in [1.807, 2.05) is 0 Å². The third-order valence-electron chi connectivity index (χ3n) is 4.24. The molecule has 0 bridgehead atoms. The molecular weight excluding hydrogens is 248 g/mol. The van der Waals surface area contributed by atoms with E-state index in [9.17, 15) is 0 Å². The Bertz CT molecular complexity index is 399. The Labute approximate surface area is 123 Å². The molecule has 1 N–H and O–H groups in total. The molecule has 20 heavy (non-hydrogen) atoms. The van der Waals surface area contributed by atoms with Gasteiger partial charge in [0.15, 0.2) is 0 Å². The van der Waals surface area contributed by atoms with Gasteiger partial charge in [0.05, 0.1) is 6.20 Å². The second-order valence-electron chi connectivity index (χ2n) is 6.43. The zero-order valence-electron chi connectivity index (χ0n) is 13.5. The fourth-order valence-corrected chi connectivity index (χ4v) is 3.27. The fourth-order valence-electron chi connectivity index (χ4n) is 3.27. The number of aromatic nitrogens is 2. The average Bonchev–Trinajstić information content (AvgIpc) is 2.85. The second-order valence-corrected chi connectivity index (χ2v) is 6.43. The Kier molecular flexibility index (Phi) is 5.61. The lowest BCUT2D eigenvalue weighted by Crippen LogP contribution is -2.41. The van der Waals surface area contributed by atoms with Gasteiger partial charge in [-0.25, -0.2) is 0 Å². The van der Waals surface area contributed by atoms with Crippen molar-refractivity contribution in [1.29, 1.82) is 0 Å². The summed E-state index contributed by atoms with van der Waals surface area (Å²) in [6, 6.07) is 1.08. The second kappa shape index (κ2) is 7.23. The average molecular weight is 278 g/mol. The van der Waals surface area contributed by atoms with Crippen LogP contribution in [0.1, 0.15) is 51.6 Å². The molecule has 1 aromatic rings. The summed E-state index contributed by atoms with van der Waals surface area (Å²) in [5.74, 6) is 0.690. The molecule has 0 amide bonds. The van der Waals surface area contributed by atoms with Gasteiger partial charge >= 0.3 is 0 Å². The van der Waals surface area contributed by atoms with Crippen molar-refractivity contribution in [3.8, 4) is 0 Å². The summed E-state index contributed by atoms with van der Waals surface area (Å²) < 4.78 is 2.09. The van der Waals surface area contributed by atoms with E-state index in [1.54, 1.807) is 0 Å². The molecule has 1 aliphatic heterocycles. The van der Waals surface area contributed by atoms with Gasteiger partial charge in [-0.3, -0.25) is 9.58 Å². The molecule has 2 unspecified atom stereocenters. The Morgan fingerprint density at radius 3 is 2.95 bits per heavy atom. The van der Waals surface area contributed by atoms with Gasteiger partial charge in [0, 0.05) is 36.9 Å². The first kappa shape index (κ1) is 15.5. The van der Waals surface area contributed by atoms with Gasteiger partial charge in [-0.05, 0) is 38.8 Å². The number of nitrogens with zero attached hydrogens (tertiary/aromatic N) is 3. The van der Waals surface area contributed by atoms with Gasteiger partial charge in [-0.1, -0.05) is 20.8 Å². The van der Waals surface area contributed by atoms with E-state index < -0.39 is 0 Å². The smallest absolute Gasteiger partial charge is 0.0537 e. The first-order chi connectivity index (χ1) is 9.61. The van der Waals surface area contributed by atoms with Gasteiger partial charge in [-0.15, -0.1) is 0 Å². The van der Waals surface area contributed by atoms with Crippen molar-refractivity contribution in [3.05, 3.63) is 18.0 Å². The molecule has 0 radical (unpaired) electrons. The molecule has 2 rings (SSSR count). The molecular formula is C16H30N4. The van der Waals surface area contributed by atoms with E-state index >= 15 is 0 Å². The molecule has 2 heterocycles. The lowest BCUT2D eigenvalue weighted by atomic mass is 9.86. The minimum absolute atomic E-state index is 0.514. The van der Waals surface area contributed by atoms with Crippen LogP contribution in [0, 0.1) is 5.92 Å². The van der Waals surface area contributed by atoms with Crippen LogP contribution in [0.3, 0.4) is 0 Å². The van der Waals surface area contributed by atoms with Crippen LogP contribution in [0.4, 0.5) is 0 Å². The highest BCUT2D eigenvalue weighted by Crippen LogP contribution is 2.34. The van der Waals surface area contributed by atoms with E-state index in [1.165, 1.54) is 24.9 Å². The van der Waals surface area contributed by atoms with Crippen molar-refractivity contribution in [1.82, 2.24) is 20.0 Å². The first-order valence-electron chi connectivity index (χ1n) is 8.07. The molecule has 1 aliphatic rings. The quantitative estimate of drug-likeness (QED) is 0.868. The molecule has 0 saturated carbocycles. The summed E-state index contributed by atoms with van der Waals surface area (Å²) in [4.78, 5) is 2.50. The van der Waals surface area contributed by atoms with Gasteiger partial charge in [0.2, 0.25) is 0 Å². The molecule has 4 heteroatoms. The van der Waals surface area contributed by atoms with E-state index in [0.717, 1.165) is 19.5 Å². The van der Waals surface area contributed by atoms with E-state index in [4.69, 9.17) is 0 Å². The molecule has 4 nitrogen and oxygen atoms in total. The molecule has 2 atom stereocenters. The molecule has 1 aromatic heterocycles. The maximum atomic E-state index is 4.51. The van der Waals surface area contributed by atoms with Gasteiger partial charge < -0.3 is 5.32 Å². The topological polar surface area (TPSA) is 33.1 Å². The van der Waals surface area contributed by atoms with Crippen LogP contribution in [0.2, 0.25) is 0 Å². The predicted molar refractivity (Wildman–Crippen MR) is 83.8 cm³/mol. The summed E-state index contributed by atoms with van der Waals surface area (Å²) in [6.45, 7) is 9.96. The largest absolute Gasteiger partial charge is 0.314 e. The monoisotopic (exact) mass is 278 g/mol. The maximum Gasteiger partial charge on any atom is 0.0537 e. The van der Waals surface area contributed by atoms with Crippen molar-refractivity contribution < 1.29 is 0 Å². The Balaban J connectivity index is 2.09. The number of aryl methyl sites for hydroxylation is 1.